The van der Waals surface area contributed by atoms with Crippen molar-refractivity contribution in [2.24, 2.45) is 0 Å². The molecule has 1 unspecified atom stereocenters. The van der Waals surface area contributed by atoms with E-state index in [-0.39, 0.29) is 5.71 Å². The molecule has 1 aliphatic rings. The molecule has 1 aromatic carbocycles. The first-order valence-electron chi connectivity index (χ1n) is 4.59. The Bertz CT molecular complexity index is 448. The molecule has 15 heavy (non-hydrogen) atoms. The zero-order chi connectivity index (χ0) is 10.8. The Hall–Kier alpha value is -1.38. The Morgan fingerprint density at radius 2 is 1.80 bits per heavy atom. The predicted molar refractivity (Wildman–Crippen MR) is 62.1 cm³/mol. The molecule has 2 rings (SSSR count). The number of halogens is 1. The first-order chi connectivity index (χ1) is 7.18. The van der Waals surface area contributed by atoms with E-state index in [9.17, 15) is 5.11 Å². The summed E-state index contributed by atoms with van der Waals surface area (Å²) < 4.78 is 0. The van der Waals surface area contributed by atoms with Crippen LogP contribution < -0.4 is 0 Å². The molecule has 0 heterocycles. The fraction of sp³-hybridized carbons (Fsp3) is 0.0833. The maximum absolute atomic E-state index is 9.81. The molecule has 1 atom stereocenters. The van der Waals surface area contributed by atoms with Gasteiger partial charge in [0.15, 0.2) is 0 Å². The fourth-order valence-electron chi connectivity index (χ4n) is 1.54. The molecule has 0 bridgehead atoms. The minimum atomic E-state index is -0.880. The van der Waals surface area contributed by atoms with E-state index in [1.165, 1.54) is 6.08 Å². The number of benzene rings is 1. The highest BCUT2D eigenvalue weighted by atomic mass is 35.5. The second kappa shape index (κ2) is 4.01. The van der Waals surface area contributed by atoms with Gasteiger partial charge in [0.2, 0.25) is 0 Å². The number of hydrogen-bond donors (Lipinski definition) is 2. The van der Waals surface area contributed by atoms with Gasteiger partial charge in [0.05, 0.1) is 5.71 Å². The maximum atomic E-state index is 9.81. The third-order valence-corrected chi connectivity index (χ3v) is 2.50. The summed E-state index contributed by atoms with van der Waals surface area (Å²) in [7, 11) is 0. The molecule has 1 aromatic rings. The number of allylic oxidation sites excluding steroid dienone is 2. The highest BCUT2D eigenvalue weighted by Crippen LogP contribution is 2.26. The van der Waals surface area contributed by atoms with E-state index in [1.807, 2.05) is 30.3 Å². The van der Waals surface area contributed by atoms with Crippen molar-refractivity contribution in [2.75, 3.05) is 0 Å². The standard InChI is InChI=1S/C12H10ClNO/c13-9-6-10(12(15)11(14)7-9)8-4-2-1-3-5-8/h1-7,12,14-15H. The average Bonchev–Trinajstić information content (AvgIpc) is 2.24. The van der Waals surface area contributed by atoms with Gasteiger partial charge in [0.1, 0.15) is 6.10 Å². The van der Waals surface area contributed by atoms with Crippen molar-refractivity contribution in [3.8, 4) is 0 Å². The zero-order valence-electron chi connectivity index (χ0n) is 7.94. The van der Waals surface area contributed by atoms with Gasteiger partial charge in [-0.15, -0.1) is 0 Å². The molecule has 0 aromatic heterocycles. The van der Waals surface area contributed by atoms with Crippen LogP contribution in [0.4, 0.5) is 0 Å². The highest BCUT2D eigenvalue weighted by molar-refractivity contribution is 6.34. The molecule has 0 spiro atoms. The Balaban J connectivity index is 2.45. The quantitative estimate of drug-likeness (QED) is 0.749. The molecule has 0 saturated heterocycles. The Labute approximate surface area is 93.0 Å². The second-order valence-electron chi connectivity index (χ2n) is 3.35. The van der Waals surface area contributed by atoms with Gasteiger partial charge < -0.3 is 10.5 Å². The summed E-state index contributed by atoms with van der Waals surface area (Å²) in [5.41, 5.74) is 1.69. The summed E-state index contributed by atoms with van der Waals surface area (Å²) in [5.74, 6) is 0. The summed E-state index contributed by atoms with van der Waals surface area (Å²) in [6, 6.07) is 9.45. The van der Waals surface area contributed by atoms with Crippen LogP contribution in [0.3, 0.4) is 0 Å². The van der Waals surface area contributed by atoms with Crippen LogP contribution in [-0.2, 0) is 0 Å². The molecule has 0 fully saturated rings. The Morgan fingerprint density at radius 3 is 2.47 bits per heavy atom. The average molecular weight is 220 g/mol. The van der Waals surface area contributed by atoms with E-state index < -0.39 is 6.10 Å². The SMILES string of the molecule is N=C1C=C(Cl)C=C(c2ccccc2)C1O. The van der Waals surface area contributed by atoms with Crippen LogP contribution in [-0.4, -0.2) is 16.9 Å². The molecule has 76 valence electrons. The van der Waals surface area contributed by atoms with Crippen LogP contribution in [0, 0.1) is 5.41 Å². The largest absolute Gasteiger partial charge is 0.382 e. The maximum Gasteiger partial charge on any atom is 0.121 e. The normalized spacial score (nSPS) is 20.9. The number of nitrogens with one attached hydrogen (secondary N) is 1. The van der Waals surface area contributed by atoms with Crippen molar-refractivity contribution in [2.45, 2.75) is 6.10 Å². The smallest absolute Gasteiger partial charge is 0.121 e. The van der Waals surface area contributed by atoms with Crippen LogP contribution in [0.1, 0.15) is 5.56 Å². The molecule has 0 radical (unpaired) electrons. The van der Waals surface area contributed by atoms with E-state index in [2.05, 4.69) is 0 Å². The first-order valence-corrected chi connectivity index (χ1v) is 4.97. The third kappa shape index (κ3) is 2.01. The van der Waals surface area contributed by atoms with Crippen LogP contribution in [0.2, 0.25) is 0 Å². The lowest BCUT2D eigenvalue weighted by molar-refractivity contribution is 0.297. The van der Waals surface area contributed by atoms with Gasteiger partial charge in [-0.05, 0) is 23.3 Å². The predicted octanol–water partition coefficient (Wildman–Crippen LogP) is 2.59. The van der Waals surface area contributed by atoms with Crippen LogP contribution in [0.15, 0.2) is 47.5 Å². The molecule has 0 amide bonds. The van der Waals surface area contributed by atoms with E-state index in [0.717, 1.165) is 5.56 Å². The topological polar surface area (TPSA) is 44.1 Å². The molecular formula is C12H10ClNO. The van der Waals surface area contributed by atoms with Crippen molar-refractivity contribution < 1.29 is 5.11 Å². The molecule has 0 saturated carbocycles. The first kappa shape index (κ1) is 10.1. The van der Waals surface area contributed by atoms with Crippen LogP contribution in [0.25, 0.3) is 5.57 Å². The van der Waals surface area contributed by atoms with Crippen molar-refractivity contribution in [3.05, 3.63) is 53.1 Å². The number of aliphatic hydroxyl groups excluding tert-OH is 1. The summed E-state index contributed by atoms with van der Waals surface area (Å²) >= 11 is 5.85. The van der Waals surface area contributed by atoms with Crippen molar-refractivity contribution in [1.82, 2.24) is 0 Å². The second-order valence-corrected chi connectivity index (χ2v) is 3.79. The number of hydrogen-bond acceptors (Lipinski definition) is 2. The van der Waals surface area contributed by atoms with Crippen molar-refractivity contribution in [1.29, 1.82) is 5.41 Å². The van der Waals surface area contributed by atoms with E-state index >= 15 is 0 Å². The third-order valence-electron chi connectivity index (χ3n) is 2.28. The summed E-state index contributed by atoms with van der Waals surface area (Å²) in [4.78, 5) is 0. The highest BCUT2D eigenvalue weighted by Gasteiger charge is 2.20. The van der Waals surface area contributed by atoms with Gasteiger partial charge in [0.25, 0.3) is 0 Å². The van der Waals surface area contributed by atoms with Crippen molar-refractivity contribution in [3.63, 3.8) is 0 Å². The number of rotatable bonds is 1. The molecule has 2 N–H and O–H groups in total. The van der Waals surface area contributed by atoms with Crippen molar-refractivity contribution >= 4 is 22.9 Å². The van der Waals surface area contributed by atoms with E-state index in [4.69, 9.17) is 17.0 Å². The summed E-state index contributed by atoms with van der Waals surface area (Å²) in [6.45, 7) is 0. The lowest BCUT2D eigenvalue weighted by atomic mass is 9.93. The lowest BCUT2D eigenvalue weighted by Crippen LogP contribution is -2.22. The lowest BCUT2D eigenvalue weighted by Gasteiger charge is -2.18. The Kier molecular flexibility index (Phi) is 2.71. The zero-order valence-corrected chi connectivity index (χ0v) is 8.70. The van der Waals surface area contributed by atoms with Crippen LogP contribution >= 0.6 is 11.6 Å². The molecular weight excluding hydrogens is 210 g/mol. The number of aliphatic hydroxyl groups is 1. The molecule has 0 aliphatic heterocycles. The van der Waals surface area contributed by atoms with Gasteiger partial charge in [-0.2, -0.15) is 0 Å². The minimum Gasteiger partial charge on any atom is -0.382 e. The van der Waals surface area contributed by atoms with E-state index in [1.54, 1.807) is 6.08 Å². The van der Waals surface area contributed by atoms with Gasteiger partial charge >= 0.3 is 0 Å². The fourth-order valence-corrected chi connectivity index (χ4v) is 1.77. The monoisotopic (exact) mass is 219 g/mol. The van der Waals surface area contributed by atoms with Crippen LogP contribution in [0.5, 0.6) is 0 Å². The molecule has 1 aliphatic carbocycles. The van der Waals surface area contributed by atoms with Gasteiger partial charge in [0, 0.05) is 5.03 Å². The van der Waals surface area contributed by atoms with Gasteiger partial charge in [-0.3, -0.25) is 0 Å². The molecule has 3 heteroatoms. The van der Waals surface area contributed by atoms with Gasteiger partial charge in [-0.25, -0.2) is 0 Å². The molecule has 2 nitrogen and oxygen atoms in total. The van der Waals surface area contributed by atoms with Gasteiger partial charge in [-0.1, -0.05) is 41.9 Å². The summed E-state index contributed by atoms with van der Waals surface area (Å²) in [5, 5.41) is 17.8. The summed E-state index contributed by atoms with van der Waals surface area (Å²) in [6.07, 6.45) is 2.27. The Morgan fingerprint density at radius 1 is 1.13 bits per heavy atom. The minimum absolute atomic E-state index is 0.126. The van der Waals surface area contributed by atoms with E-state index in [0.29, 0.717) is 10.6 Å².